The molecule has 0 radical (unpaired) electrons. The van der Waals surface area contributed by atoms with E-state index in [4.69, 9.17) is 0 Å². The van der Waals surface area contributed by atoms with Crippen LogP contribution in [0.2, 0.25) is 0 Å². The molecule has 16 heavy (non-hydrogen) atoms. The van der Waals surface area contributed by atoms with Gasteiger partial charge in [-0.05, 0) is 38.0 Å². The Hall–Kier alpha value is -0.130. The smallest absolute Gasteiger partial charge is 0.211 e. The SMILES string of the molecule is CCS(=O)(=O)NCCNC1CC2CCC1C2. The zero-order chi connectivity index (χ0) is 11.6. The van der Waals surface area contributed by atoms with Crippen molar-refractivity contribution in [3.63, 3.8) is 0 Å². The molecule has 0 aliphatic heterocycles. The van der Waals surface area contributed by atoms with Crippen molar-refractivity contribution in [3.05, 3.63) is 0 Å². The summed E-state index contributed by atoms with van der Waals surface area (Å²) in [6, 6.07) is 0.643. The molecular formula is C11H22N2O2S. The Kier molecular flexibility index (Phi) is 3.87. The van der Waals surface area contributed by atoms with Crippen LogP contribution in [0.5, 0.6) is 0 Å². The van der Waals surface area contributed by atoms with Gasteiger partial charge in [0.05, 0.1) is 5.75 Å². The largest absolute Gasteiger partial charge is 0.312 e. The van der Waals surface area contributed by atoms with E-state index in [9.17, 15) is 8.42 Å². The second-order valence-electron chi connectivity index (χ2n) is 5.03. The molecule has 2 N–H and O–H groups in total. The van der Waals surface area contributed by atoms with Crippen molar-refractivity contribution >= 4 is 10.0 Å². The maximum atomic E-state index is 11.2. The van der Waals surface area contributed by atoms with Crippen molar-refractivity contribution in [3.8, 4) is 0 Å². The minimum absolute atomic E-state index is 0.168. The molecule has 5 heteroatoms. The summed E-state index contributed by atoms with van der Waals surface area (Å²) in [6.07, 6.45) is 5.46. The first kappa shape index (κ1) is 12.3. The van der Waals surface area contributed by atoms with Crippen LogP contribution in [-0.4, -0.2) is 33.3 Å². The van der Waals surface area contributed by atoms with Crippen LogP contribution in [0.25, 0.3) is 0 Å². The van der Waals surface area contributed by atoms with Gasteiger partial charge in [-0.3, -0.25) is 0 Å². The van der Waals surface area contributed by atoms with Crippen LogP contribution in [0.15, 0.2) is 0 Å². The van der Waals surface area contributed by atoms with Gasteiger partial charge in [0, 0.05) is 19.1 Å². The molecule has 0 saturated heterocycles. The molecule has 0 heterocycles. The Bertz CT molecular complexity index is 329. The lowest BCUT2D eigenvalue weighted by atomic mass is 9.95. The number of hydrogen-bond donors (Lipinski definition) is 2. The average molecular weight is 246 g/mol. The fourth-order valence-electron chi connectivity index (χ4n) is 3.06. The highest BCUT2D eigenvalue weighted by Crippen LogP contribution is 2.44. The maximum Gasteiger partial charge on any atom is 0.211 e. The van der Waals surface area contributed by atoms with Crippen molar-refractivity contribution in [1.29, 1.82) is 0 Å². The lowest BCUT2D eigenvalue weighted by molar-refractivity contribution is 0.354. The van der Waals surface area contributed by atoms with Gasteiger partial charge in [-0.25, -0.2) is 13.1 Å². The molecule has 0 spiro atoms. The Labute approximate surface area is 98.2 Å². The quantitative estimate of drug-likeness (QED) is 0.678. The predicted octanol–water partition coefficient (Wildman–Crippen LogP) is 0.704. The van der Waals surface area contributed by atoms with Crippen LogP contribution in [-0.2, 0) is 10.0 Å². The molecule has 2 saturated carbocycles. The van der Waals surface area contributed by atoms with Crippen LogP contribution in [0.4, 0.5) is 0 Å². The molecule has 2 rings (SSSR count). The van der Waals surface area contributed by atoms with Crippen LogP contribution >= 0.6 is 0 Å². The molecule has 2 bridgehead atoms. The Morgan fingerprint density at radius 1 is 1.19 bits per heavy atom. The summed E-state index contributed by atoms with van der Waals surface area (Å²) in [5.74, 6) is 1.96. The van der Waals surface area contributed by atoms with E-state index in [0.29, 0.717) is 12.6 Å². The van der Waals surface area contributed by atoms with Gasteiger partial charge in [0.2, 0.25) is 10.0 Å². The Morgan fingerprint density at radius 2 is 2.00 bits per heavy atom. The van der Waals surface area contributed by atoms with Crippen molar-refractivity contribution in [2.75, 3.05) is 18.8 Å². The molecule has 3 unspecified atom stereocenters. The first-order valence-electron chi connectivity index (χ1n) is 6.31. The van der Waals surface area contributed by atoms with Gasteiger partial charge in [-0.15, -0.1) is 0 Å². The van der Waals surface area contributed by atoms with Gasteiger partial charge in [0.1, 0.15) is 0 Å². The number of sulfonamides is 1. The highest BCUT2D eigenvalue weighted by Gasteiger charge is 2.38. The van der Waals surface area contributed by atoms with Crippen LogP contribution in [0, 0.1) is 11.8 Å². The van der Waals surface area contributed by atoms with E-state index in [1.54, 1.807) is 6.92 Å². The van der Waals surface area contributed by atoms with Crippen LogP contribution in [0.3, 0.4) is 0 Å². The first-order valence-corrected chi connectivity index (χ1v) is 7.96. The van der Waals surface area contributed by atoms with Crippen molar-refractivity contribution in [2.45, 2.75) is 38.6 Å². The third kappa shape index (κ3) is 2.96. The summed E-state index contributed by atoms with van der Waals surface area (Å²) in [7, 11) is -3.02. The minimum Gasteiger partial charge on any atom is -0.312 e. The summed E-state index contributed by atoms with van der Waals surface area (Å²) >= 11 is 0. The summed E-state index contributed by atoms with van der Waals surface area (Å²) in [4.78, 5) is 0. The average Bonchev–Trinajstić information content (AvgIpc) is 2.86. The van der Waals surface area contributed by atoms with E-state index in [2.05, 4.69) is 10.0 Å². The van der Waals surface area contributed by atoms with Gasteiger partial charge in [-0.1, -0.05) is 6.42 Å². The van der Waals surface area contributed by atoms with Crippen LogP contribution in [0.1, 0.15) is 32.6 Å². The first-order chi connectivity index (χ1) is 7.61. The molecule has 0 aromatic heterocycles. The van der Waals surface area contributed by atoms with Crippen molar-refractivity contribution in [1.82, 2.24) is 10.0 Å². The molecule has 94 valence electrons. The molecule has 0 aromatic rings. The lowest BCUT2D eigenvalue weighted by Crippen LogP contribution is -2.39. The topological polar surface area (TPSA) is 58.2 Å². The normalized spacial score (nSPS) is 33.4. The predicted molar refractivity (Wildman–Crippen MR) is 64.7 cm³/mol. The molecule has 2 fully saturated rings. The Balaban J connectivity index is 1.62. The van der Waals surface area contributed by atoms with Gasteiger partial charge in [-0.2, -0.15) is 0 Å². The standard InChI is InChI=1S/C11H22N2O2S/c1-2-16(14,15)13-6-5-12-11-8-9-3-4-10(11)7-9/h9-13H,2-8H2,1H3. The number of fused-ring (bicyclic) bond motifs is 2. The third-order valence-corrected chi connectivity index (χ3v) is 5.38. The second kappa shape index (κ2) is 5.02. The van der Waals surface area contributed by atoms with Gasteiger partial charge in [0.15, 0.2) is 0 Å². The van der Waals surface area contributed by atoms with Crippen LogP contribution < -0.4 is 10.0 Å². The molecule has 0 amide bonds. The molecular weight excluding hydrogens is 224 g/mol. The van der Waals surface area contributed by atoms with Crippen molar-refractivity contribution < 1.29 is 8.42 Å². The number of hydrogen-bond acceptors (Lipinski definition) is 3. The van der Waals surface area contributed by atoms with E-state index >= 15 is 0 Å². The molecule has 2 aliphatic rings. The fraction of sp³-hybridized carbons (Fsp3) is 1.00. The molecule has 0 aromatic carbocycles. The van der Waals surface area contributed by atoms with E-state index in [0.717, 1.165) is 18.4 Å². The van der Waals surface area contributed by atoms with E-state index < -0.39 is 10.0 Å². The maximum absolute atomic E-state index is 11.2. The van der Waals surface area contributed by atoms with Crippen molar-refractivity contribution in [2.24, 2.45) is 11.8 Å². The number of nitrogens with one attached hydrogen (secondary N) is 2. The van der Waals surface area contributed by atoms with Gasteiger partial charge in [0.25, 0.3) is 0 Å². The van der Waals surface area contributed by atoms with Gasteiger partial charge >= 0.3 is 0 Å². The highest BCUT2D eigenvalue weighted by atomic mass is 32.2. The zero-order valence-electron chi connectivity index (χ0n) is 9.91. The monoisotopic (exact) mass is 246 g/mol. The third-order valence-electron chi connectivity index (χ3n) is 3.97. The molecule has 3 atom stereocenters. The van der Waals surface area contributed by atoms with E-state index in [1.807, 2.05) is 0 Å². The summed E-state index contributed by atoms with van der Waals surface area (Å²) in [6.45, 7) is 2.93. The van der Waals surface area contributed by atoms with E-state index in [1.165, 1.54) is 25.7 Å². The summed E-state index contributed by atoms with van der Waals surface area (Å²) in [5.41, 5.74) is 0. The second-order valence-corrected chi connectivity index (χ2v) is 7.13. The molecule has 2 aliphatic carbocycles. The van der Waals surface area contributed by atoms with E-state index in [-0.39, 0.29) is 5.75 Å². The Morgan fingerprint density at radius 3 is 2.56 bits per heavy atom. The minimum atomic E-state index is -3.02. The number of rotatable bonds is 6. The zero-order valence-corrected chi connectivity index (χ0v) is 10.7. The fourth-order valence-corrected chi connectivity index (χ4v) is 3.68. The molecule has 4 nitrogen and oxygen atoms in total. The lowest BCUT2D eigenvalue weighted by Gasteiger charge is -2.22. The van der Waals surface area contributed by atoms with Gasteiger partial charge < -0.3 is 5.32 Å². The summed E-state index contributed by atoms with van der Waals surface area (Å²) < 4.78 is 25.0. The summed E-state index contributed by atoms with van der Waals surface area (Å²) in [5, 5.41) is 3.48. The highest BCUT2D eigenvalue weighted by molar-refractivity contribution is 7.89.